The van der Waals surface area contributed by atoms with E-state index in [0.717, 1.165) is 21.9 Å². The van der Waals surface area contributed by atoms with Crippen molar-refractivity contribution >= 4 is 16.7 Å². The van der Waals surface area contributed by atoms with E-state index in [4.69, 9.17) is 4.74 Å². The van der Waals surface area contributed by atoms with E-state index in [9.17, 15) is 9.90 Å². The Morgan fingerprint density at radius 1 is 0.958 bits per heavy atom. The molecule has 0 saturated heterocycles. The van der Waals surface area contributed by atoms with Crippen molar-refractivity contribution in [1.29, 1.82) is 0 Å². The van der Waals surface area contributed by atoms with Crippen LogP contribution in [0.2, 0.25) is 0 Å². The summed E-state index contributed by atoms with van der Waals surface area (Å²) >= 11 is 0. The summed E-state index contributed by atoms with van der Waals surface area (Å²) in [7, 11) is 0. The molecule has 0 aliphatic carbocycles. The van der Waals surface area contributed by atoms with E-state index >= 15 is 0 Å². The van der Waals surface area contributed by atoms with Gasteiger partial charge in [0, 0.05) is 5.56 Å². The molecule has 0 unspecified atom stereocenters. The molecular weight excluding hydrogens is 300 g/mol. The van der Waals surface area contributed by atoms with Crippen molar-refractivity contribution < 1.29 is 14.6 Å². The second-order valence-electron chi connectivity index (χ2n) is 6.76. The van der Waals surface area contributed by atoms with Crippen LogP contribution in [0.3, 0.4) is 0 Å². The summed E-state index contributed by atoms with van der Waals surface area (Å²) in [5, 5.41) is 12.3. The van der Waals surface area contributed by atoms with E-state index in [-0.39, 0.29) is 11.7 Å². The first kappa shape index (κ1) is 16.1. The lowest BCUT2D eigenvalue weighted by Gasteiger charge is -2.19. The van der Waals surface area contributed by atoms with Crippen LogP contribution in [0.1, 0.15) is 31.1 Å². The minimum atomic E-state index is -0.547. The van der Waals surface area contributed by atoms with Crippen LogP contribution in [0.4, 0.5) is 0 Å². The molecule has 0 atom stereocenters. The van der Waals surface area contributed by atoms with Crippen molar-refractivity contribution in [2.75, 3.05) is 0 Å². The molecule has 0 amide bonds. The highest BCUT2D eigenvalue weighted by atomic mass is 16.6. The number of phenols is 1. The summed E-state index contributed by atoms with van der Waals surface area (Å²) in [5.41, 5.74) is 1.43. The van der Waals surface area contributed by atoms with Crippen molar-refractivity contribution in [3.05, 3.63) is 66.2 Å². The van der Waals surface area contributed by atoms with Gasteiger partial charge in [-0.3, -0.25) is 0 Å². The van der Waals surface area contributed by atoms with Crippen LogP contribution < -0.4 is 0 Å². The van der Waals surface area contributed by atoms with Crippen LogP contribution in [0, 0.1) is 0 Å². The molecule has 0 spiro atoms. The van der Waals surface area contributed by atoms with Gasteiger partial charge in [-0.25, -0.2) is 4.79 Å². The molecule has 0 heterocycles. The third-order valence-electron chi connectivity index (χ3n) is 3.69. The first-order valence-corrected chi connectivity index (χ1v) is 7.90. The number of hydrogen-bond acceptors (Lipinski definition) is 3. The fraction of sp³-hybridized carbons (Fsp3) is 0.190. The van der Waals surface area contributed by atoms with Crippen LogP contribution in [0.25, 0.3) is 21.9 Å². The monoisotopic (exact) mass is 320 g/mol. The second kappa shape index (κ2) is 6.00. The number of hydrogen-bond donors (Lipinski definition) is 1. The molecule has 0 bridgehead atoms. The van der Waals surface area contributed by atoms with Gasteiger partial charge in [0.25, 0.3) is 0 Å². The van der Waals surface area contributed by atoms with Crippen molar-refractivity contribution in [3.63, 3.8) is 0 Å². The van der Waals surface area contributed by atoms with Gasteiger partial charge in [0.15, 0.2) is 0 Å². The highest BCUT2D eigenvalue weighted by Gasteiger charge is 2.19. The van der Waals surface area contributed by atoms with E-state index in [2.05, 4.69) is 0 Å². The van der Waals surface area contributed by atoms with E-state index < -0.39 is 5.60 Å². The van der Waals surface area contributed by atoms with Crippen LogP contribution in [-0.4, -0.2) is 16.7 Å². The molecule has 3 aromatic carbocycles. The number of phenolic OH excluding ortho intramolecular Hbond substituents is 1. The lowest BCUT2D eigenvalue weighted by molar-refractivity contribution is 0.00695. The number of benzene rings is 3. The molecule has 1 N–H and O–H groups in total. The quantitative estimate of drug-likeness (QED) is 0.663. The highest BCUT2D eigenvalue weighted by Crippen LogP contribution is 2.36. The number of aromatic hydroxyl groups is 1. The average molecular weight is 320 g/mol. The Balaban J connectivity index is 2.10. The van der Waals surface area contributed by atoms with Crippen molar-refractivity contribution in [1.82, 2.24) is 0 Å². The van der Waals surface area contributed by atoms with Gasteiger partial charge in [0.2, 0.25) is 0 Å². The molecule has 24 heavy (non-hydrogen) atoms. The minimum Gasteiger partial charge on any atom is -0.507 e. The predicted octanol–water partition coefficient (Wildman–Crippen LogP) is 5.17. The van der Waals surface area contributed by atoms with E-state index in [1.165, 1.54) is 0 Å². The first-order valence-electron chi connectivity index (χ1n) is 7.90. The molecular formula is C21H20O3. The van der Waals surface area contributed by atoms with Crippen LogP contribution in [0.15, 0.2) is 60.7 Å². The van der Waals surface area contributed by atoms with Gasteiger partial charge in [-0.15, -0.1) is 0 Å². The van der Waals surface area contributed by atoms with Crippen molar-refractivity contribution in [2.45, 2.75) is 26.4 Å². The second-order valence-corrected chi connectivity index (χ2v) is 6.76. The molecule has 0 radical (unpaired) electrons. The van der Waals surface area contributed by atoms with Gasteiger partial charge < -0.3 is 9.84 Å². The topological polar surface area (TPSA) is 46.5 Å². The lowest BCUT2D eigenvalue weighted by atomic mass is 9.96. The Kier molecular flexibility index (Phi) is 4.02. The number of rotatable bonds is 2. The predicted molar refractivity (Wildman–Crippen MR) is 96.2 cm³/mol. The maximum atomic E-state index is 12.3. The molecule has 3 nitrogen and oxygen atoms in total. The summed E-state index contributed by atoms with van der Waals surface area (Å²) < 4.78 is 5.43. The smallest absolute Gasteiger partial charge is 0.338 e. The summed E-state index contributed by atoms with van der Waals surface area (Å²) in [6.07, 6.45) is 0. The molecule has 0 fully saturated rings. The SMILES string of the molecule is CC(C)(C)OC(=O)c1cccc(-c2c(O)ccc3ccccc23)c1. The number of carbonyl (C=O) groups is 1. The Bertz CT molecular complexity index is 904. The highest BCUT2D eigenvalue weighted by molar-refractivity contribution is 6.01. The number of ether oxygens (including phenoxy) is 1. The molecule has 122 valence electrons. The molecule has 3 heteroatoms. The van der Waals surface area contributed by atoms with E-state index in [1.807, 2.05) is 57.2 Å². The maximum absolute atomic E-state index is 12.3. The zero-order chi connectivity index (χ0) is 17.3. The summed E-state index contributed by atoms with van der Waals surface area (Å²) in [6.45, 7) is 5.52. The number of carbonyl (C=O) groups excluding carboxylic acids is 1. The molecule has 0 saturated carbocycles. The van der Waals surface area contributed by atoms with Gasteiger partial charge in [-0.2, -0.15) is 0 Å². The average Bonchev–Trinajstić information content (AvgIpc) is 2.53. The van der Waals surface area contributed by atoms with Gasteiger partial charge in [0.1, 0.15) is 11.4 Å². The largest absolute Gasteiger partial charge is 0.507 e. The fourth-order valence-electron chi connectivity index (χ4n) is 2.70. The molecule has 0 aliphatic rings. The lowest BCUT2D eigenvalue weighted by Crippen LogP contribution is -2.23. The molecule has 3 aromatic rings. The summed E-state index contributed by atoms with van der Waals surface area (Å²) in [6, 6.07) is 18.6. The molecule has 3 rings (SSSR count). The Hall–Kier alpha value is -2.81. The molecule has 0 aromatic heterocycles. The van der Waals surface area contributed by atoms with Gasteiger partial charge in [0.05, 0.1) is 5.56 Å². The third kappa shape index (κ3) is 3.25. The molecule has 0 aliphatic heterocycles. The van der Waals surface area contributed by atoms with Crippen molar-refractivity contribution in [2.24, 2.45) is 0 Å². The first-order chi connectivity index (χ1) is 11.3. The fourth-order valence-corrected chi connectivity index (χ4v) is 2.70. The Morgan fingerprint density at radius 2 is 1.71 bits per heavy atom. The third-order valence-corrected chi connectivity index (χ3v) is 3.69. The van der Waals surface area contributed by atoms with Crippen molar-refractivity contribution in [3.8, 4) is 16.9 Å². The zero-order valence-corrected chi connectivity index (χ0v) is 14.0. The number of fused-ring (bicyclic) bond motifs is 1. The Morgan fingerprint density at radius 3 is 2.46 bits per heavy atom. The van der Waals surface area contributed by atoms with Gasteiger partial charge in [-0.1, -0.05) is 42.5 Å². The van der Waals surface area contributed by atoms with Gasteiger partial charge in [-0.05, 0) is 55.3 Å². The number of esters is 1. The zero-order valence-electron chi connectivity index (χ0n) is 14.0. The van der Waals surface area contributed by atoms with Crippen LogP contribution in [0.5, 0.6) is 5.75 Å². The Labute approximate surface area is 141 Å². The van der Waals surface area contributed by atoms with Gasteiger partial charge >= 0.3 is 5.97 Å². The normalized spacial score (nSPS) is 11.5. The summed E-state index contributed by atoms with van der Waals surface area (Å²) in [4.78, 5) is 12.3. The van der Waals surface area contributed by atoms with E-state index in [0.29, 0.717) is 5.56 Å². The standard InChI is InChI=1S/C21H20O3/c1-21(2,3)24-20(23)16-9-6-8-15(13-16)19-17-10-5-4-7-14(17)11-12-18(19)22/h4-13,22H,1-3H3. The summed E-state index contributed by atoms with van der Waals surface area (Å²) in [5.74, 6) is -0.181. The van der Waals surface area contributed by atoms with E-state index in [1.54, 1.807) is 24.3 Å². The van der Waals surface area contributed by atoms with Crippen LogP contribution in [-0.2, 0) is 4.74 Å². The minimum absolute atomic E-state index is 0.190. The van der Waals surface area contributed by atoms with Crippen LogP contribution >= 0.6 is 0 Å². The maximum Gasteiger partial charge on any atom is 0.338 e.